The van der Waals surface area contributed by atoms with Crippen LogP contribution in [0.5, 0.6) is 0 Å². The monoisotopic (exact) mass is 423 g/mol. The Morgan fingerprint density at radius 1 is 1.24 bits per heavy atom. The SMILES string of the molecule is CN(C(=O)[C@@H]1CNC(=O)N1C(=O)OCc1ccccc1)c1ccc(F)c(Cl)c1F. The molecular formula is C19H16ClF2N3O4. The highest BCUT2D eigenvalue weighted by Crippen LogP contribution is 2.28. The first-order chi connectivity index (χ1) is 13.8. The molecule has 0 spiro atoms. The molecule has 1 fully saturated rings. The van der Waals surface area contributed by atoms with Gasteiger partial charge in [0.2, 0.25) is 0 Å². The summed E-state index contributed by atoms with van der Waals surface area (Å²) in [5, 5.41) is 1.62. The Balaban J connectivity index is 1.76. The summed E-state index contributed by atoms with van der Waals surface area (Å²) in [5.41, 5.74) is 0.404. The number of hydrogen-bond donors (Lipinski definition) is 1. The lowest BCUT2D eigenvalue weighted by Gasteiger charge is -2.25. The summed E-state index contributed by atoms with van der Waals surface area (Å²) in [6, 6.07) is 8.65. The van der Waals surface area contributed by atoms with E-state index in [-0.39, 0.29) is 18.8 Å². The first-order valence-electron chi connectivity index (χ1n) is 8.50. The molecule has 0 radical (unpaired) electrons. The molecule has 1 saturated heterocycles. The van der Waals surface area contributed by atoms with E-state index < -0.39 is 40.7 Å². The van der Waals surface area contributed by atoms with E-state index in [0.29, 0.717) is 10.5 Å². The number of amides is 4. The number of benzene rings is 2. The highest BCUT2D eigenvalue weighted by atomic mass is 35.5. The van der Waals surface area contributed by atoms with Crippen LogP contribution in [-0.2, 0) is 16.1 Å². The number of ether oxygens (including phenoxy) is 1. The van der Waals surface area contributed by atoms with Crippen molar-refractivity contribution in [2.45, 2.75) is 12.6 Å². The van der Waals surface area contributed by atoms with E-state index in [1.807, 2.05) is 0 Å². The fourth-order valence-corrected chi connectivity index (χ4v) is 2.98. The maximum absolute atomic E-state index is 14.2. The average molecular weight is 424 g/mol. The molecule has 29 heavy (non-hydrogen) atoms. The van der Waals surface area contributed by atoms with Crippen LogP contribution in [0.1, 0.15) is 5.56 Å². The van der Waals surface area contributed by atoms with Gasteiger partial charge in [0.25, 0.3) is 5.91 Å². The van der Waals surface area contributed by atoms with Crippen molar-refractivity contribution in [3.05, 3.63) is 64.7 Å². The molecule has 152 valence electrons. The number of carbonyl (C=O) groups excluding carboxylic acids is 3. The zero-order chi connectivity index (χ0) is 21.1. The minimum atomic E-state index is -1.26. The quantitative estimate of drug-likeness (QED) is 0.765. The number of hydrogen-bond acceptors (Lipinski definition) is 4. The molecule has 2 aromatic carbocycles. The summed E-state index contributed by atoms with van der Waals surface area (Å²) in [7, 11) is 1.23. The van der Waals surface area contributed by atoms with Gasteiger partial charge in [0.1, 0.15) is 23.5 Å². The van der Waals surface area contributed by atoms with Crippen molar-refractivity contribution >= 4 is 35.3 Å². The van der Waals surface area contributed by atoms with E-state index in [1.54, 1.807) is 30.3 Å². The maximum Gasteiger partial charge on any atom is 0.419 e. The van der Waals surface area contributed by atoms with Crippen molar-refractivity contribution in [3.63, 3.8) is 0 Å². The third-order valence-electron chi connectivity index (χ3n) is 4.37. The van der Waals surface area contributed by atoms with Crippen LogP contribution in [0.3, 0.4) is 0 Å². The van der Waals surface area contributed by atoms with Crippen LogP contribution in [-0.4, -0.2) is 42.6 Å². The maximum atomic E-state index is 14.2. The van der Waals surface area contributed by atoms with Gasteiger partial charge >= 0.3 is 12.1 Å². The van der Waals surface area contributed by atoms with Crippen molar-refractivity contribution in [2.75, 3.05) is 18.5 Å². The lowest BCUT2D eigenvalue weighted by molar-refractivity contribution is -0.121. The third kappa shape index (κ3) is 4.14. The summed E-state index contributed by atoms with van der Waals surface area (Å²) in [5.74, 6) is -2.88. The van der Waals surface area contributed by atoms with Gasteiger partial charge in [-0.1, -0.05) is 41.9 Å². The van der Waals surface area contributed by atoms with Crippen molar-refractivity contribution in [2.24, 2.45) is 0 Å². The summed E-state index contributed by atoms with van der Waals surface area (Å²) < 4.78 is 32.7. The molecule has 0 saturated carbocycles. The Morgan fingerprint density at radius 3 is 2.62 bits per heavy atom. The molecule has 0 bridgehead atoms. The minimum Gasteiger partial charge on any atom is -0.444 e. The van der Waals surface area contributed by atoms with Crippen molar-refractivity contribution in [3.8, 4) is 0 Å². The van der Waals surface area contributed by atoms with E-state index in [0.717, 1.165) is 17.0 Å². The fourth-order valence-electron chi connectivity index (χ4n) is 2.82. The third-order valence-corrected chi connectivity index (χ3v) is 4.72. The van der Waals surface area contributed by atoms with Crippen molar-refractivity contribution in [1.82, 2.24) is 10.2 Å². The number of likely N-dealkylation sites (N-methyl/N-ethyl adjacent to an activating group) is 1. The fraction of sp³-hybridized carbons (Fsp3) is 0.211. The van der Waals surface area contributed by atoms with Crippen LogP contribution < -0.4 is 10.2 Å². The van der Waals surface area contributed by atoms with Gasteiger partial charge in [-0.05, 0) is 17.7 Å². The molecular weight excluding hydrogens is 408 g/mol. The second-order valence-electron chi connectivity index (χ2n) is 6.20. The topological polar surface area (TPSA) is 79.0 Å². The van der Waals surface area contributed by atoms with Gasteiger partial charge in [-0.25, -0.2) is 23.3 Å². The normalized spacial score (nSPS) is 15.8. The van der Waals surface area contributed by atoms with E-state index in [1.165, 1.54) is 7.05 Å². The second-order valence-corrected chi connectivity index (χ2v) is 6.58. The molecule has 1 heterocycles. The van der Waals surface area contributed by atoms with E-state index >= 15 is 0 Å². The first kappa shape index (κ1) is 20.5. The van der Waals surface area contributed by atoms with Crippen molar-refractivity contribution < 1.29 is 27.9 Å². The molecule has 0 aromatic heterocycles. The number of anilines is 1. The molecule has 1 aliphatic rings. The van der Waals surface area contributed by atoms with Crippen LogP contribution in [0.25, 0.3) is 0 Å². The van der Waals surface area contributed by atoms with Crippen molar-refractivity contribution in [1.29, 1.82) is 0 Å². The number of halogens is 3. The zero-order valence-electron chi connectivity index (χ0n) is 15.2. The second kappa shape index (κ2) is 8.44. The molecule has 2 aromatic rings. The molecule has 1 atom stereocenters. The van der Waals surface area contributed by atoms with Crippen LogP contribution in [0.2, 0.25) is 5.02 Å². The van der Waals surface area contributed by atoms with E-state index in [9.17, 15) is 23.2 Å². The Labute approximate surface area is 169 Å². The highest BCUT2D eigenvalue weighted by Gasteiger charge is 2.43. The summed E-state index contributed by atoms with van der Waals surface area (Å²) >= 11 is 5.55. The number of carbonyl (C=O) groups is 3. The number of nitrogens with zero attached hydrogens (tertiary/aromatic N) is 2. The Bertz CT molecular complexity index is 958. The van der Waals surface area contributed by atoms with Crippen LogP contribution in [0.15, 0.2) is 42.5 Å². The van der Waals surface area contributed by atoms with Gasteiger partial charge in [0.15, 0.2) is 5.82 Å². The van der Waals surface area contributed by atoms with Crippen LogP contribution >= 0.6 is 11.6 Å². The van der Waals surface area contributed by atoms with Gasteiger partial charge in [0.05, 0.1) is 5.69 Å². The standard InChI is InChI=1S/C19H16ClF2N3O4/c1-24(13-8-7-12(21)15(20)16(13)22)17(26)14-9-23-18(27)25(14)19(28)29-10-11-5-3-2-4-6-11/h2-8,14H,9-10H2,1H3,(H,23,27)/t14-/m0/s1. The molecule has 7 nitrogen and oxygen atoms in total. The highest BCUT2D eigenvalue weighted by molar-refractivity contribution is 6.31. The summed E-state index contributed by atoms with van der Waals surface area (Å²) in [6.45, 7) is -0.276. The molecule has 0 unspecified atom stereocenters. The molecule has 3 rings (SSSR count). The summed E-state index contributed by atoms with van der Waals surface area (Å²) in [4.78, 5) is 38.8. The first-order valence-corrected chi connectivity index (χ1v) is 8.88. The molecule has 1 N–H and O–H groups in total. The Hall–Kier alpha value is -3.20. The largest absolute Gasteiger partial charge is 0.444 e. The number of imide groups is 1. The van der Waals surface area contributed by atoms with Gasteiger partial charge < -0.3 is 15.0 Å². The summed E-state index contributed by atoms with van der Waals surface area (Å²) in [6.07, 6.45) is -1.02. The molecule has 0 aliphatic carbocycles. The van der Waals surface area contributed by atoms with Gasteiger partial charge in [-0.2, -0.15) is 0 Å². The van der Waals surface area contributed by atoms with E-state index in [4.69, 9.17) is 16.3 Å². The van der Waals surface area contributed by atoms with Gasteiger partial charge in [0, 0.05) is 13.6 Å². The Kier molecular flexibility index (Phi) is 5.97. The zero-order valence-corrected chi connectivity index (χ0v) is 16.0. The van der Waals surface area contributed by atoms with Crippen LogP contribution in [0.4, 0.5) is 24.1 Å². The predicted octanol–water partition coefficient (Wildman–Crippen LogP) is 3.31. The predicted molar refractivity (Wildman–Crippen MR) is 100 cm³/mol. The number of rotatable bonds is 4. The molecule has 4 amide bonds. The minimum absolute atomic E-state index is 0.0948. The van der Waals surface area contributed by atoms with Gasteiger partial charge in [-0.15, -0.1) is 0 Å². The van der Waals surface area contributed by atoms with Gasteiger partial charge in [-0.3, -0.25) is 4.79 Å². The molecule has 1 aliphatic heterocycles. The number of urea groups is 1. The number of nitrogens with one attached hydrogen (secondary N) is 1. The molecule has 10 heteroatoms. The van der Waals surface area contributed by atoms with E-state index in [2.05, 4.69) is 5.32 Å². The lowest BCUT2D eigenvalue weighted by atomic mass is 10.2. The Morgan fingerprint density at radius 2 is 1.93 bits per heavy atom. The lowest BCUT2D eigenvalue weighted by Crippen LogP contribution is -2.49. The average Bonchev–Trinajstić information content (AvgIpc) is 3.11. The van der Waals surface area contributed by atoms with Crippen LogP contribution in [0, 0.1) is 11.6 Å². The smallest absolute Gasteiger partial charge is 0.419 e.